The summed E-state index contributed by atoms with van der Waals surface area (Å²) in [6.45, 7) is 9.57. The number of aromatic nitrogens is 1. The topological polar surface area (TPSA) is 24.9 Å². The van der Waals surface area contributed by atoms with E-state index in [1.807, 2.05) is 11.6 Å². The maximum absolute atomic E-state index is 4.34. The molecule has 1 unspecified atom stereocenters. The molecule has 0 aliphatic heterocycles. The van der Waals surface area contributed by atoms with E-state index in [2.05, 4.69) is 50.1 Å². The van der Waals surface area contributed by atoms with Crippen LogP contribution in [0.5, 0.6) is 0 Å². The summed E-state index contributed by atoms with van der Waals surface area (Å²) < 4.78 is 0. The molecule has 0 aliphatic rings. The Morgan fingerprint density at radius 3 is 2.56 bits per heavy atom. The number of rotatable bonds is 4. The second kappa shape index (κ2) is 5.63. The molecule has 1 atom stereocenters. The van der Waals surface area contributed by atoms with Crippen LogP contribution in [-0.4, -0.2) is 4.98 Å². The lowest BCUT2D eigenvalue weighted by molar-refractivity contribution is 0.570. The fourth-order valence-electron chi connectivity index (χ4n) is 2.01. The van der Waals surface area contributed by atoms with Crippen LogP contribution in [0.15, 0.2) is 23.7 Å². The smallest absolute Gasteiger partial charge is 0.109 e. The summed E-state index contributed by atoms with van der Waals surface area (Å²) >= 11 is 1.70. The van der Waals surface area contributed by atoms with Crippen molar-refractivity contribution in [1.82, 2.24) is 10.3 Å². The number of nitrogens with one attached hydrogen (secondary N) is 1. The Morgan fingerprint density at radius 2 is 1.89 bits per heavy atom. The first-order chi connectivity index (χ1) is 8.58. The van der Waals surface area contributed by atoms with Crippen molar-refractivity contribution in [2.45, 2.75) is 40.3 Å². The Hall–Kier alpha value is -1.19. The molecule has 18 heavy (non-hydrogen) atoms. The maximum atomic E-state index is 4.34. The Bertz CT molecular complexity index is 518. The van der Waals surface area contributed by atoms with Crippen molar-refractivity contribution in [3.8, 4) is 0 Å². The van der Waals surface area contributed by atoms with Crippen LogP contribution in [0, 0.1) is 20.8 Å². The molecule has 0 saturated heterocycles. The minimum atomic E-state index is 0.311. The number of thiazole rings is 1. The monoisotopic (exact) mass is 260 g/mol. The van der Waals surface area contributed by atoms with Crippen LogP contribution in [0.4, 0.5) is 0 Å². The minimum Gasteiger partial charge on any atom is -0.304 e. The summed E-state index contributed by atoms with van der Waals surface area (Å²) in [5.74, 6) is 0. The Balaban J connectivity index is 2.04. The lowest BCUT2D eigenvalue weighted by Crippen LogP contribution is -2.18. The molecule has 1 heterocycles. The molecule has 2 nitrogen and oxygen atoms in total. The van der Waals surface area contributed by atoms with E-state index in [0.717, 1.165) is 11.6 Å². The van der Waals surface area contributed by atoms with Gasteiger partial charge in [-0.25, -0.2) is 4.98 Å². The molecule has 96 valence electrons. The maximum Gasteiger partial charge on any atom is 0.109 e. The van der Waals surface area contributed by atoms with E-state index in [0.29, 0.717) is 6.04 Å². The van der Waals surface area contributed by atoms with E-state index in [4.69, 9.17) is 0 Å². The molecule has 2 rings (SSSR count). The highest BCUT2D eigenvalue weighted by molar-refractivity contribution is 7.09. The lowest BCUT2D eigenvalue weighted by Gasteiger charge is -2.14. The second-order valence-corrected chi connectivity index (χ2v) is 5.76. The first-order valence-corrected chi connectivity index (χ1v) is 7.15. The van der Waals surface area contributed by atoms with Gasteiger partial charge in [-0.2, -0.15) is 0 Å². The van der Waals surface area contributed by atoms with Crippen molar-refractivity contribution in [2.24, 2.45) is 0 Å². The average Bonchev–Trinajstić information content (AvgIpc) is 2.85. The van der Waals surface area contributed by atoms with Gasteiger partial charge in [-0.1, -0.05) is 12.1 Å². The van der Waals surface area contributed by atoms with Crippen LogP contribution in [0.25, 0.3) is 0 Å². The molecule has 2 aromatic rings. The van der Waals surface area contributed by atoms with E-state index >= 15 is 0 Å². The van der Waals surface area contributed by atoms with Crippen molar-refractivity contribution in [3.63, 3.8) is 0 Å². The quantitative estimate of drug-likeness (QED) is 0.901. The van der Waals surface area contributed by atoms with Gasteiger partial charge in [0.2, 0.25) is 0 Å². The van der Waals surface area contributed by atoms with Crippen LogP contribution in [0.2, 0.25) is 0 Å². The normalized spacial score (nSPS) is 12.7. The molecule has 3 heteroatoms. The molecule has 0 spiro atoms. The number of hydrogen-bond acceptors (Lipinski definition) is 3. The van der Waals surface area contributed by atoms with E-state index in [1.54, 1.807) is 11.3 Å². The first kappa shape index (κ1) is 13.2. The summed E-state index contributed by atoms with van der Waals surface area (Å²) in [6.07, 6.45) is 1.86. The van der Waals surface area contributed by atoms with Gasteiger partial charge in [0.1, 0.15) is 5.01 Å². The molecule has 0 amide bonds. The molecule has 1 aromatic heterocycles. The molecule has 0 fully saturated rings. The van der Waals surface area contributed by atoms with Crippen LogP contribution >= 0.6 is 11.3 Å². The summed E-state index contributed by atoms with van der Waals surface area (Å²) in [6, 6.07) is 4.86. The van der Waals surface area contributed by atoms with Crippen LogP contribution in [-0.2, 0) is 6.54 Å². The molecule has 0 bridgehead atoms. The SMILES string of the molecule is Cc1cc(C)c(CNC(C)c2nccs2)cc1C. The van der Waals surface area contributed by atoms with Crippen LogP contribution < -0.4 is 5.32 Å². The van der Waals surface area contributed by atoms with Gasteiger partial charge in [0, 0.05) is 18.1 Å². The van der Waals surface area contributed by atoms with E-state index < -0.39 is 0 Å². The standard InChI is InChI=1S/C15H20N2S/c1-10-7-12(3)14(8-11(10)2)9-17-13(4)15-16-5-6-18-15/h5-8,13,17H,9H2,1-4H3. The largest absolute Gasteiger partial charge is 0.304 e. The summed E-state index contributed by atoms with van der Waals surface area (Å²) in [7, 11) is 0. The fraction of sp³-hybridized carbons (Fsp3) is 0.400. The van der Waals surface area contributed by atoms with Gasteiger partial charge >= 0.3 is 0 Å². The second-order valence-electron chi connectivity index (χ2n) is 4.84. The fourth-order valence-corrected chi connectivity index (χ4v) is 2.68. The van der Waals surface area contributed by atoms with Crippen molar-refractivity contribution >= 4 is 11.3 Å². The molecule has 0 radical (unpaired) electrons. The van der Waals surface area contributed by atoms with E-state index in [1.165, 1.54) is 22.3 Å². The van der Waals surface area contributed by atoms with Crippen LogP contribution in [0.3, 0.4) is 0 Å². The first-order valence-electron chi connectivity index (χ1n) is 6.27. The van der Waals surface area contributed by atoms with Gasteiger partial charge in [-0.15, -0.1) is 11.3 Å². The average molecular weight is 260 g/mol. The third-order valence-electron chi connectivity index (χ3n) is 3.37. The highest BCUT2D eigenvalue weighted by atomic mass is 32.1. The molecular weight excluding hydrogens is 240 g/mol. The third-order valence-corrected chi connectivity index (χ3v) is 4.33. The Kier molecular flexibility index (Phi) is 4.15. The zero-order valence-electron chi connectivity index (χ0n) is 11.4. The Morgan fingerprint density at radius 1 is 1.17 bits per heavy atom. The lowest BCUT2D eigenvalue weighted by atomic mass is 10.0. The number of nitrogens with zero attached hydrogens (tertiary/aromatic N) is 1. The predicted octanol–water partition coefficient (Wildman–Crippen LogP) is 3.92. The van der Waals surface area contributed by atoms with Gasteiger partial charge in [0.15, 0.2) is 0 Å². The third kappa shape index (κ3) is 2.98. The predicted molar refractivity (Wildman–Crippen MR) is 78.0 cm³/mol. The van der Waals surface area contributed by atoms with Crippen molar-refractivity contribution in [3.05, 3.63) is 51.0 Å². The van der Waals surface area contributed by atoms with E-state index in [-0.39, 0.29) is 0 Å². The van der Waals surface area contributed by atoms with Gasteiger partial charge in [0.05, 0.1) is 6.04 Å². The highest BCUT2D eigenvalue weighted by Crippen LogP contribution is 2.18. The Labute approximate surface area is 113 Å². The van der Waals surface area contributed by atoms with Crippen molar-refractivity contribution in [2.75, 3.05) is 0 Å². The summed E-state index contributed by atoms with van der Waals surface area (Å²) in [5, 5.41) is 6.71. The zero-order chi connectivity index (χ0) is 13.1. The van der Waals surface area contributed by atoms with Crippen LogP contribution in [0.1, 0.15) is 40.2 Å². The van der Waals surface area contributed by atoms with Gasteiger partial charge in [0.25, 0.3) is 0 Å². The molecule has 1 aromatic carbocycles. The number of benzene rings is 1. The minimum absolute atomic E-state index is 0.311. The molecule has 0 aliphatic carbocycles. The number of hydrogen-bond donors (Lipinski definition) is 1. The zero-order valence-corrected chi connectivity index (χ0v) is 12.3. The summed E-state index contributed by atoms with van der Waals surface area (Å²) in [5.41, 5.74) is 5.46. The van der Waals surface area contributed by atoms with Crippen molar-refractivity contribution < 1.29 is 0 Å². The van der Waals surface area contributed by atoms with Gasteiger partial charge < -0.3 is 5.32 Å². The number of aryl methyl sites for hydroxylation is 3. The molecular formula is C15H20N2S. The van der Waals surface area contributed by atoms with E-state index in [9.17, 15) is 0 Å². The summed E-state index contributed by atoms with van der Waals surface area (Å²) in [4.78, 5) is 4.34. The van der Waals surface area contributed by atoms with Crippen molar-refractivity contribution in [1.29, 1.82) is 0 Å². The van der Waals surface area contributed by atoms with Gasteiger partial charge in [-0.05, 0) is 49.9 Å². The molecule has 0 saturated carbocycles. The highest BCUT2D eigenvalue weighted by Gasteiger charge is 2.08. The van der Waals surface area contributed by atoms with Gasteiger partial charge in [-0.3, -0.25) is 0 Å². The molecule has 1 N–H and O–H groups in total.